The standard InChI is InChI=1S/C15H19FN2O/c1-11(2)10-18(8-4-7-17)15(19)13-9-12(3)5-6-14(13)16/h5-6,9,11H,4,8,10H2,1-3H3. The van der Waals surface area contributed by atoms with Crippen molar-refractivity contribution in [3.05, 3.63) is 35.1 Å². The number of rotatable bonds is 5. The molecular weight excluding hydrogens is 243 g/mol. The lowest BCUT2D eigenvalue weighted by Crippen LogP contribution is -2.35. The molecule has 0 saturated carbocycles. The molecule has 1 rings (SSSR count). The van der Waals surface area contributed by atoms with Gasteiger partial charge in [-0.05, 0) is 25.0 Å². The highest BCUT2D eigenvalue weighted by atomic mass is 19.1. The van der Waals surface area contributed by atoms with Crippen LogP contribution in [-0.4, -0.2) is 23.9 Å². The molecule has 3 nitrogen and oxygen atoms in total. The Balaban J connectivity index is 2.97. The van der Waals surface area contributed by atoms with Gasteiger partial charge in [0.1, 0.15) is 5.82 Å². The van der Waals surface area contributed by atoms with E-state index in [1.165, 1.54) is 6.07 Å². The quantitative estimate of drug-likeness (QED) is 0.818. The second kappa shape index (κ2) is 6.89. The van der Waals surface area contributed by atoms with Gasteiger partial charge in [0.25, 0.3) is 5.91 Å². The van der Waals surface area contributed by atoms with Crippen LogP contribution in [-0.2, 0) is 0 Å². The van der Waals surface area contributed by atoms with Gasteiger partial charge in [-0.15, -0.1) is 0 Å². The molecule has 0 aliphatic rings. The molecule has 0 saturated heterocycles. The van der Waals surface area contributed by atoms with E-state index in [0.29, 0.717) is 13.1 Å². The van der Waals surface area contributed by atoms with Crippen LogP contribution < -0.4 is 0 Å². The van der Waals surface area contributed by atoms with Crippen LogP contribution in [0.1, 0.15) is 36.2 Å². The highest BCUT2D eigenvalue weighted by Gasteiger charge is 2.19. The third-order valence-corrected chi connectivity index (χ3v) is 2.72. The van der Waals surface area contributed by atoms with E-state index in [1.54, 1.807) is 17.0 Å². The Morgan fingerprint density at radius 3 is 2.74 bits per heavy atom. The van der Waals surface area contributed by atoms with E-state index in [9.17, 15) is 9.18 Å². The van der Waals surface area contributed by atoms with Gasteiger partial charge < -0.3 is 4.90 Å². The third kappa shape index (κ3) is 4.36. The minimum absolute atomic E-state index is 0.0820. The van der Waals surface area contributed by atoms with Crippen molar-refractivity contribution in [2.45, 2.75) is 27.2 Å². The number of hydrogen-bond acceptors (Lipinski definition) is 2. The molecule has 0 fully saturated rings. The van der Waals surface area contributed by atoms with Crippen molar-refractivity contribution in [1.82, 2.24) is 4.90 Å². The largest absolute Gasteiger partial charge is 0.337 e. The normalized spacial score (nSPS) is 10.3. The third-order valence-electron chi connectivity index (χ3n) is 2.72. The van der Waals surface area contributed by atoms with E-state index in [1.807, 2.05) is 26.8 Å². The Morgan fingerprint density at radius 2 is 2.16 bits per heavy atom. The molecule has 0 aromatic heterocycles. The predicted octanol–water partition coefficient (Wildman–Crippen LogP) is 3.15. The molecule has 0 unspecified atom stereocenters. The van der Waals surface area contributed by atoms with Gasteiger partial charge in [0.05, 0.1) is 18.1 Å². The minimum Gasteiger partial charge on any atom is -0.337 e. The van der Waals surface area contributed by atoms with E-state index in [0.717, 1.165) is 5.56 Å². The smallest absolute Gasteiger partial charge is 0.256 e. The van der Waals surface area contributed by atoms with E-state index in [-0.39, 0.29) is 23.8 Å². The van der Waals surface area contributed by atoms with Crippen molar-refractivity contribution in [2.75, 3.05) is 13.1 Å². The number of carbonyl (C=O) groups is 1. The first-order valence-corrected chi connectivity index (χ1v) is 6.38. The molecule has 0 bridgehead atoms. The first-order chi connectivity index (χ1) is 8.95. The summed E-state index contributed by atoms with van der Waals surface area (Å²) in [5.41, 5.74) is 0.924. The number of nitrogens with zero attached hydrogens (tertiary/aromatic N) is 2. The summed E-state index contributed by atoms with van der Waals surface area (Å²) in [6, 6.07) is 6.51. The van der Waals surface area contributed by atoms with Crippen LogP contribution in [0.15, 0.2) is 18.2 Å². The first kappa shape index (κ1) is 15.2. The maximum atomic E-state index is 13.7. The van der Waals surface area contributed by atoms with E-state index in [2.05, 4.69) is 0 Å². The van der Waals surface area contributed by atoms with Crippen LogP contribution in [0.5, 0.6) is 0 Å². The number of hydrogen-bond donors (Lipinski definition) is 0. The summed E-state index contributed by atoms with van der Waals surface area (Å²) in [6.07, 6.45) is 0.256. The Hall–Kier alpha value is -1.89. The van der Waals surface area contributed by atoms with Crippen LogP contribution in [0.25, 0.3) is 0 Å². The molecule has 0 aliphatic heterocycles. The Bertz CT molecular complexity index is 491. The summed E-state index contributed by atoms with van der Waals surface area (Å²) < 4.78 is 13.7. The fraction of sp³-hybridized carbons (Fsp3) is 0.467. The maximum Gasteiger partial charge on any atom is 0.256 e. The molecule has 4 heteroatoms. The summed E-state index contributed by atoms with van der Waals surface area (Å²) in [5.74, 6) is -0.582. The van der Waals surface area contributed by atoms with Crippen LogP contribution in [0, 0.1) is 30.0 Å². The summed E-state index contributed by atoms with van der Waals surface area (Å²) in [4.78, 5) is 13.9. The number of amides is 1. The summed E-state index contributed by atoms with van der Waals surface area (Å²) in [5, 5.41) is 8.64. The molecule has 0 N–H and O–H groups in total. The van der Waals surface area contributed by atoms with Gasteiger partial charge in [-0.2, -0.15) is 5.26 Å². The lowest BCUT2D eigenvalue weighted by molar-refractivity contribution is 0.0735. The average molecular weight is 262 g/mol. The van der Waals surface area contributed by atoms with Crippen LogP contribution in [0.3, 0.4) is 0 Å². The topological polar surface area (TPSA) is 44.1 Å². The molecule has 0 spiro atoms. The van der Waals surface area contributed by atoms with Crippen molar-refractivity contribution in [3.8, 4) is 6.07 Å². The minimum atomic E-state index is -0.513. The molecule has 102 valence electrons. The van der Waals surface area contributed by atoms with Gasteiger partial charge in [0.2, 0.25) is 0 Å². The number of aryl methyl sites for hydroxylation is 1. The highest BCUT2D eigenvalue weighted by Crippen LogP contribution is 2.14. The molecule has 1 amide bonds. The monoisotopic (exact) mass is 262 g/mol. The van der Waals surface area contributed by atoms with Gasteiger partial charge >= 0.3 is 0 Å². The summed E-state index contributed by atoms with van der Waals surface area (Å²) in [6.45, 7) is 6.64. The fourth-order valence-electron chi connectivity index (χ4n) is 1.87. The molecule has 0 atom stereocenters. The Kier molecular flexibility index (Phi) is 5.50. The van der Waals surface area contributed by atoms with Crippen molar-refractivity contribution in [3.63, 3.8) is 0 Å². The Morgan fingerprint density at radius 1 is 1.47 bits per heavy atom. The van der Waals surface area contributed by atoms with E-state index in [4.69, 9.17) is 5.26 Å². The number of carbonyl (C=O) groups excluding carboxylic acids is 1. The van der Waals surface area contributed by atoms with E-state index >= 15 is 0 Å². The highest BCUT2D eigenvalue weighted by molar-refractivity contribution is 5.94. The number of nitriles is 1. The lowest BCUT2D eigenvalue weighted by atomic mass is 10.1. The zero-order valence-electron chi connectivity index (χ0n) is 11.6. The van der Waals surface area contributed by atoms with Crippen LogP contribution in [0.4, 0.5) is 4.39 Å². The lowest BCUT2D eigenvalue weighted by Gasteiger charge is -2.24. The molecule has 1 aromatic rings. The molecule has 0 heterocycles. The SMILES string of the molecule is Cc1ccc(F)c(C(=O)N(CCC#N)CC(C)C)c1. The van der Waals surface area contributed by atoms with Crippen LogP contribution in [0.2, 0.25) is 0 Å². The van der Waals surface area contributed by atoms with Gasteiger partial charge in [0, 0.05) is 13.1 Å². The zero-order chi connectivity index (χ0) is 14.4. The van der Waals surface area contributed by atoms with Gasteiger partial charge in [-0.1, -0.05) is 25.5 Å². The summed E-state index contributed by atoms with van der Waals surface area (Å²) >= 11 is 0. The molecule has 0 aliphatic carbocycles. The molecular formula is C15H19FN2O. The fourth-order valence-corrected chi connectivity index (χ4v) is 1.87. The van der Waals surface area contributed by atoms with Crippen LogP contribution >= 0.6 is 0 Å². The van der Waals surface area contributed by atoms with Gasteiger partial charge in [-0.25, -0.2) is 4.39 Å². The van der Waals surface area contributed by atoms with Crippen molar-refractivity contribution in [1.29, 1.82) is 5.26 Å². The second-order valence-corrected chi connectivity index (χ2v) is 5.04. The molecule has 19 heavy (non-hydrogen) atoms. The number of benzene rings is 1. The van der Waals surface area contributed by atoms with Gasteiger partial charge in [0.15, 0.2) is 0 Å². The zero-order valence-corrected chi connectivity index (χ0v) is 11.6. The maximum absolute atomic E-state index is 13.7. The van der Waals surface area contributed by atoms with Gasteiger partial charge in [-0.3, -0.25) is 4.79 Å². The van der Waals surface area contributed by atoms with Crippen molar-refractivity contribution in [2.24, 2.45) is 5.92 Å². The van der Waals surface area contributed by atoms with Crippen molar-refractivity contribution < 1.29 is 9.18 Å². The van der Waals surface area contributed by atoms with E-state index < -0.39 is 5.82 Å². The first-order valence-electron chi connectivity index (χ1n) is 6.38. The number of halogens is 1. The average Bonchev–Trinajstić information content (AvgIpc) is 2.36. The molecule has 1 aromatic carbocycles. The molecule has 0 radical (unpaired) electrons. The summed E-state index contributed by atoms with van der Waals surface area (Å²) in [7, 11) is 0. The predicted molar refractivity (Wildman–Crippen MR) is 72.1 cm³/mol. The Labute approximate surface area is 113 Å². The van der Waals surface area contributed by atoms with Crippen molar-refractivity contribution >= 4 is 5.91 Å². The second-order valence-electron chi connectivity index (χ2n) is 5.04.